The Morgan fingerprint density at radius 2 is 1.49 bits per heavy atom. The van der Waals surface area contributed by atoms with Crippen molar-refractivity contribution in [3.8, 4) is 0 Å². The maximum atomic E-state index is 4.27. The summed E-state index contributed by atoms with van der Waals surface area (Å²) < 4.78 is 0. The zero-order valence-corrected chi connectivity index (χ0v) is 26.0. The Hall–Kier alpha value is -2.20. The van der Waals surface area contributed by atoms with E-state index < -0.39 is 0 Å². The molecule has 3 nitrogen and oxygen atoms in total. The Morgan fingerprint density at radius 3 is 2.30 bits per heavy atom. The van der Waals surface area contributed by atoms with Crippen molar-refractivity contribution >= 4 is 0 Å². The van der Waals surface area contributed by atoms with Crippen LogP contribution in [0.1, 0.15) is 89.0 Å². The fourth-order valence-corrected chi connectivity index (χ4v) is 11.1. The molecule has 3 N–H and O–H groups in total. The highest BCUT2D eigenvalue weighted by atomic mass is 15.4. The van der Waals surface area contributed by atoms with E-state index in [1.165, 1.54) is 83.5 Å². The minimum Gasteiger partial charge on any atom is -0.286 e. The van der Waals surface area contributed by atoms with E-state index in [1.54, 1.807) is 11.1 Å². The second-order valence-electron chi connectivity index (χ2n) is 14.8. The molecule has 1 saturated heterocycles. The number of benzene rings is 1. The third-order valence-corrected chi connectivity index (χ3v) is 12.8. The standard InChI is InChI=1S/C40H53N3/c1-5-16-28(17-6-1)37-41-38(29-18-7-2-8-19-29)43-39(42-37)33-25-15-27-35-36(33)32-24-13-14-26-34(32)40(35,30-20-9-3-10-21-30)31-22-11-4-12-23-31/h1,3,5,9-11,14-15,18,20-22,26-28,31-39,41-43H,2,4,6-8,12-13,16-17,19,23-25H2. The highest BCUT2D eigenvalue weighted by molar-refractivity contribution is 5.40. The van der Waals surface area contributed by atoms with Crippen LogP contribution in [0.15, 0.2) is 90.6 Å². The molecule has 1 aromatic carbocycles. The molecule has 228 valence electrons. The predicted molar refractivity (Wildman–Crippen MR) is 178 cm³/mol. The van der Waals surface area contributed by atoms with Crippen LogP contribution >= 0.6 is 0 Å². The van der Waals surface area contributed by atoms with Gasteiger partial charge in [-0.05, 0) is 136 Å². The van der Waals surface area contributed by atoms with Gasteiger partial charge in [0.15, 0.2) is 0 Å². The summed E-state index contributed by atoms with van der Waals surface area (Å²) in [5.41, 5.74) is 3.35. The molecular weight excluding hydrogens is 522 g/mol. The molecule has 0 spiro atoms. The highest BCUT2D eigenvalue weighted by Gasteiger charge is 2.64. The molecule has 0 radical (unpaired) electrons. The van der Waals surface area contributed by atoms with E-state index in [9.17, 15) is 0 Å². The summed E-state index contributed by atoms with van der Waals surface area (Å²) in [5, 5.41) is 12.6. The number of rotatable bonds is 5. The molecule has 11 atom stereocenters. The Morgan fingerprint density at radius 1 is 0.628 bits per heavy atom. The summed E-state index contributed by atoms with van der Waals surface area (Å²) in [6, 6.07) is 11.8. The van der Waals surface area contributed by atoms with Gasteiger partial charge in [0.2, 0.25) is 0 Å². The first kappa shape index (κ1) is 28.3. The molecule has 1 aromatic rings. The minimum atomic E-state index is 0.144. The van der Waals surface area contributed by atoms with Crippen molar-refractivity contribution in [1.29, 1.82) is 0 Å². The van der Waals surface area contributed by atoms with Crippen molar-refractivity contribution in [2.45, 2.75) is 107 Å². The normalized spacial score (nSPS) is 44.0. The molecular formula is C40H53N3. The van der Waals surface area contributed by atoms with Crippen molar-refractivity contribution in [3.63, 3.8) is 0 Å². The Bertz CT molecular complexity index is 1270. The van der Waals surface area contributed by atoms with Crippen molar-refractivity contribution in [2.75, 3.05) is 0 Å². The van der Waals surface area contributed by atoms with E-state index >= 15 is 0 Å². The van der Waals surface area contributed by atoms with Gasteiger partial charge in [0.05, 0.1) is 18.5 Å². The smallest absolute Gasteiger partial charge is 0.0818 e. The summed E-state index contributed by atoms with van der Waals surface area (Å²) in [4.78, 5) is 0. The SMILES string of the molecule is C1=CC(C2(c3ccccc3)C3C=CCCC3C3C(C4NC(C5=CCCCC5)NC(C5CC=CCC5)N4)CC=CC32)CCC1. The van der Waals surface area contributed by atoms with Crippen molar-refractivity contribution in [2.24, 2.45) is 41.4 Å². The van der Waals surface area contributed by atoms with E-state index in [4.69, 9.17) is 0 Å². The zero-order chi connectivity index (χ0) is 28.6. The lowest BCUT2D eigenvalue weighted by atomic mass is 9.55. The first-order valence-corrected chi connectivity index (χ1v) is 18.0. The summed E-state index contributed by atoms with van der Waals surface area (Å²) in [7, 11) is 0. The lowest BCUT2D eigenvalue weighted by Crippen LogP contribution is -2.72. The molecule has 1 aliphatic heterocycles. The maximum Gasteiger partial charge on any atom is 0.0818 e. The number of hydrogen-bond donors (Lipinski definition) is 3. The van der Waals surface area contributed by atoms with Gasteiger partial charge in [-0.3, -0.25) is 16.0 Å². The summed E-state index contributed by atoms with van der Waals surface area (Å²) in [5.74, 6) is 4.47. The highest BCUT2D eigenvalue weighted by Crippen LogP contribution is 2.66. The fraction of sp³-hybridized carbons (Fsp3) is 0.600. The topological polar surface area (TPSA) is 36.1 Å². The molecule has 0 bridgehead atoms. The Kier molecular flexibility index (Phi) is 8.09. The van der Waals surface area contributed by atoms with Crippen molar-refractivity contribution in [1.82, 2.24) is 16.0 Å². The van der Waals surface area contributed by atoms with Crippen LogP contribution in [0.2, 0.25) is 0 Å². The van der Waals surface area contributed by atoms with Gasteiger partial charge in [-0.1, -0.05) is 85.0 Å². The predicted octanol–water partition coefficient (Wildman–Crippen LogP) is 8.30. The van der Waals surface area contributed by atoms with E-state index in [0.717, 1.165) is 5.92 Å². The first-order valence-electron chi connectivity index (χ1n) is 18.0. The van der Waals surface area contributed by atoms with Crippen LogP contribution in [0.5, 0.6) is 0 Å². The number of fused-ring (bicyclic) bond motifs is 3. The van der Waals surface area contributed by atoms with E-state index in [0.29, 0.717) is 54.0 Å². The van der Waals surface area contributed by atoms with Crippen LogP contribution in [0, 0.1) is 41.4 Å². The van der Waals surface area contributed by atoms with Crippen molar-refractivity contribution < 1.29 is 0 Å². The molecule has 1 saturated carbocycles. The van der Waals surface area contributed by atoms with Gasteiger partial charge in [0.25, 0.3) is 0 Å². The van der Waals surface area contributed by atoms with Crippen LogP contribution in [0.25, 0.3) is 0 Å². The molecule has 6 aliphatic carbocycles. The monoisotopic (exact) mass is 575 g/mol. The Labute approximate surface area is 260 Å². The van der Waals surface area contributed by atoms with E-state index in [-0.39, 0.29) is 5.41 Å². The van der Waals surface area contributed by atoms with Crippen LogP contribution in [-0.4, -0.2) is 18.5 Å². The van der Waals surface area contributed by atoms with Gasteiger partial charge >= 0.3 is 0 Å². The summed E-state index contributed by atoms with van der Waals surface area (Å²) >= 11 is 0. The van der Waals surface area contributed by atoms with Gasteiger partial charge in [-0.2, -0.15) is 0 Å². The summed E-state index contributed by atoms with van der Waals surface area (Å²) in [6.07, 6.45) is 40.7. The van der Waals surface area contributed by atoms with Gasteiger partial charge in [0.1, 0.15) is 0 Å². The molecule has 43 heavy (non-hydrogen) atoms. The molecule has 0 amide bonds. The molecule has 8 rings (SSSR count). The third kappa shape index (κ3) is 4.99. The van der Waals surface area contributed by atoms with Gasteiger partial charge in [-0.15, -0.1) is 0 Å². The van der Waals surface area contributed by atoms with Gasteiger partial charge in [-0.25, -0.2) is 0 Å². The number of hydrogen-bond acceptors (Lipinski definition) is 3. The number of nitrogens with one attached hydrogen (secondary N) is 3. The quantitative estimate of drug-likeness (QED) is 0.309. The zero-order valence-electron chi connectivity index (χ0n) is 26.0. The van der Waals surface area contributed by atoms with Crippen molar-refractivity contribution in [3.05, 3.63) is 96.2 Å². The summed E-state index contributed by atoms with van der Waals surface area (Å²) in [6.45, 7) is 0. The maximum absolute atomic E-state index is 4.27. The van der Waals surface area contributed by atoms with Gasteiger partial charge in [0, 0.05) is 5.41 Å². The second-order valence-corrected chi connectivity index (χ2v) is 14.8. The fourth-order valence-electron chi connectivity index (χ4n) is 11.1. The van der Waals surface area contributed by atoms with Crippen LogP contribution in [-0.2, 0) is 5.41 Å². The lowest BCUT2D eigenvalue weighted by molar-refractivity contribution is 0.0682. The third-order valence-electron chi connectivity index (χ3n) is 12.8. The molecule has 1 heterocycles. The molecule has 7 aliphatic rings. The molecule has 2 fully saturated rings. The second kappa shape index (κ2) is 12.3. The lowest BCUT2D eigenvalue weighted by Gasteiger charge is -2.51. The molecule has 3 heteroatoms. The molecule has 0 aromatic heterocycles. The van der Waals surface area contributed by atoms with E-state index in [1.807, 2.05) is 0 Å². The Balaban J connectivity index is 1.19. The van der Waals surface area contributed by atoms with Crippen LogP contribution in [0.3, 0.4) is 0 Å². The van der Waals surface area contributed by atoms with Crippen LogP contribution in [0.4, 0.5) is 0 Å². The van der Waals surface area contributed by atoms with Gasteiger partial charge < -0.3 is 0 Å². The first-order chi connectivity index (χ1) is 21.3. The average Bonchev–Trinajstić information content (AvgIpc) is 3.41. The van der Waals surface area contributed by atoms with E-state index in [2.05, 4.69) is 101 Å². The largest absolute Gasteiger partial charge is 0.286 e. The minimum absolute atomic E-state index is 0.144. The molecule has 11 unspecified atom stereocenters. The van der Waals surface area contributed by atoms with Crippen LogP contribution < -0.4 is 16.0 Å². The number of allylic oxidation sites excluding steroid dienone is 9. The average molecular weight is 576 g/mol.